The third kappa shape index (κ3) is 5.12. The summed E-state index contributed by atoms with van der Waals surface area (Å²) < 4.78 is 33.1. The molecule has 3 rings (SSSR count). The molecule has 0 aliphatic carbocycles. The third-order valence-corrected chi connectivity index (χ3v) is 5.85. The number of nitrogens with one attached hydrogen (secondary N) is 1. The average molecular weight is 397 g/mol. The van der Waals surface area contributed by atoms with E-state index in [2.05, 4.69) is 10.8 Å². The number of hydrogen-bond donors (Lipinski definition) is 2. The third-order valence-electron chi connectivity index (χ3n) is 4.38. The lowest BCUT2D eigenvalue weighted by molar-refractivity contribution is 0.478. The van der Waals surface area contributed by atoms with Crippen molar-refractivity contribution in [3.63, 3.8) is 0 Å². The predicted octanol–water partition coefficient (Wildman–Crippen LogP) is 4.20. The summed E-state index contributed by atoms with van der Waals surface area (Å²) in [6.45, 7) is 4.38. The van der Waals surface area contributed by atoms with Crippen molar-refractivity contribution in [3.05, 3.63) is 83.4 Å². The van der Waals surface area contributed by atoms with Gasteiger partial charge in [-0.1, -0.05) is 29.8 Å². The molecule has 3 aromatic rings. The van der Waals surface area contributed by atoms with Gasteiger partial charge in [0.2, 0.25) is 10.0 Å². The number of benzene rings is 3. The van der Waals surface area contributed by atoms with E-state index in [1.165, 1.54) is 17.7 Å². The fourth-order valence-corrected chi connectivity index (χ4v) is 3.86. The Morgan fingerprint density at radius 2 is 1.61 bits per heavy atom. The molecule has 0 amide bonds. The van der Waals surface area contributed by atoms with Gasteiger partial charge in [0.05, 0.1) is 4.90 Å². The van der Waals surface area contributed by atoms with Crippen molar-refractivity contribution in [1.82, 2.24) is 4.72 Å². The van der Waals surface area contributed by atoms with E-state index in [4.69, 9.17) is 10.5 Å². The lowest BCUT2D eigenvalue weighted by Gasteiger charge is -2.10. The van der Waals surface area contributed by atoms with Crippen molar-refractivity contribution < 1.29 is 13.2 Å². The molecule has 0 aromatic heterocycles. The van der Waals surface area contributed by atoms with E-state index in [0.717, 1.165) is 22.6 Å². The number of aryl methyl sites for hydroxylation is 2. The summed E-state index contributed by atoms with van der Waals surface area (Å²) in [5, 5.41) is 0. The molecular formula is C22H24N2O3S. The summed E-state index contributed by atoms with van der Waals surface area (Å²) in [7, 11) is -3.53. The van der Waals surface area contributed by atoms with Crippen LogP contribution < -0.4 is 15.2 Å². The van der Waals surface area contributed by atoms with E-state index in [0.29, 0.717) is 18.7 Å². The van der Waals surface area contributed by atoms with Crippen LogP contribution in [0.2, 0.25) is 0 Å². The van der Waals surface area contributed by atoms with E-state index in [1.807, 2.05) is 50.2 Å². The zero-order valence-electron chi connectivity index (χ0n) is 16.0. The van der Waals surface area contributed by atoms with Crippen LogP contribution in [0, 0.1) is 13.8 Å². The molecule has 6 heteroatoms. The maximum absolute atomic E-state index is 12.3. The standard InChI is InChI=1S/C22H24N2O3S/c1-16-3-12-22(17(2)15-16)27-20-8-4-18(5-9-20)13-14-24-28(25,26)21-10-6-19(23)7-11-21/h3-12,15,24H,13-14,23H2,1-2H3. The maximum Gasteiger partial charge on any atom is 0.240 e. The molecular weight excluding hydrogens is 372 g/mol. The van der Waals surface area contributed by atoms with Crippen molar-refractivity contribution in [3.8, 4) is 11.5 Å². The normalized spacial score (nSPS) is 11.4. The quantitative estimate of drug-likeness (QED) is 0.587. The molecule has 146 valence electrons. The predicted molar refractivity (Wildman–Crippen MR) is 112 cm³/mol. The number of nitrogens with two attached hydrogens (primary N) is 1. The Labute approximate surface area is 166 Å². The molecule has 0 aliphatic rings. The Morgan fingerprint density at radius 1 is 0.929 bits per heavy atom. The van der Waals surface area contributed by atoms with Crippen LogP contribution in [0.3, 0.4) is 0 Å². The summed E-state index contributed by atoms with van der Waals surface area (Å²) in [6, 6.07) is 19.9. The second kappa shape index (κ2) is 8.46. The molecule has 0 atom stereocenters. The SMILES string of the molecule is Cc1ccc(Oc2ccc(CCNS(=O)(=O)c3ccc(N)cc3)cc2)c(C)c1. The number of nitrogen functional groups attached to an aromatic ring is 1. The number of rotatable bonds is 7. The van der Waals surface area contributed by atoms with Gasteiger partial charge in [-0.3, -0.25) is 0 Å². The molecule has 0 saturated heterocycles. The van der Waals surface area contributed by atoms with Crippen molar-refractivity contribution in [1.29, 1.82) is 0 Å². The fourth-order valence-electron chi connectivity index (χ4n) is 2.83. The topological polar surface area (TPSA) is 81.4 Å². The first-order valence-corrected chi connectivity index (χ1v) is 10.5. The highest BCUT2D eigenvalue weighted by Crippen LogP contribution is 2.26. The van der Waals surface area contributed by atoms with Gasteiger partial charge in [0.1, 0.15) is 11.5 Å². The first-order chi connectivity index (χ1) is 13.3. The van der Waals surface area contributed by atoms with Gasteiger partial charge < -0.3 is 10.5 Å². The second-order valence-electron chi connectivity index (χ2n) is 6.73. The van der Waals surface area contributed by atoms with Crippen LogP contribution in [0.5, 0.6) is 11.5 Å². The minimum atomic E-state index is -3.53. The van der Waals surface area contributed by atoms with Crippen LogP contribution in [-0.4, -0.2) is 15.0 Å². The number of hydrogen-bond acceptors (Lipinski definition) is 4. The van der Waals surface area contributed by atoms with Gasteiger partial charge >= 0.3 is 0 Å². The van der Waals surface area contributed by atoms with Gasteiger partial charge in [-0.25, -0.2) is 13.1 Å². The number of sulfonamides is 1. The molecule has 3 aromatic carbocycles. The van der Waals surface area contributed by atoms with Crippen molar-refractivity contribution in [2.24, 2.45) is 0 Å². The highest BCUT2D eigenvalue weighted by molar-refractivity contribution is 7.89. The van der Waals surface area contributed by atoms with Gasteiger partial charge in [-0.05, 0) is 73.9 Å². The second-order valence-corrected chi connectivity index (χ2v) is 8.50. The monoisotopic (exact) mass is 396 g/mol. The van der Waals surface area contributed by atoms with Crippen LogP contribution >= 0.6 is 0 Å². The minimum absolute atomic E-state index is 0.207. The molecule has 0 fully saturated rings. The van der Waals surface area contributed by atoms with Crippen LogP contribution in [0.4, 0.5) is 5.69 Å². The molecule has 0 bridgehead atoms. The largest absolute Gasteiger partial charge is 0.457 e. The first kappa shape index (κ1) is 19.9. The highest BCUT2D eigenvalue weighted by atomic mass is 32.2. The fraction of sp³-hybridized carbons (Fsp3) is 0.182. The average Bonchev–Trinajstić information content (AvgIpc) is 2.65. The van der Waals surface area contributed by atoms with Crippen molar-refractivity contribution in [2.45, 2.75) is 25.2 Å². The van der Waals surface area contributed by atoms with Crippen LogP contribution in [0.1, 0.15) is 16.7 Å². The lowest BCUT2D eigenvalue weighted by Crippen LogP contribution is -2.25. The smallest absolute Gasteiger partial charge is 0.240 e. The molecule has 0 unspecified atom stereocenters. The van der Waals surface area contributed by atoms with Crippen LogP contribution in [0.25, 0.3) is 0 Å². The van der Waals surface area contributed by atoms with Crippen molar-refractivity contribution >= 4 is 15.7 Å². The van der Waals surface area contributed by atoms with Gasteiger partial charge in [-0.15, -0.1) is 0 Å². The Morgan fingerprint density at radius 3 is 2.25 bits per heavy atom. The van der Waals surface area contributed by atoms with E-state index < -0.39 is 10.0 Å². The Balaban J connectivity index is 1.56. The van der Waals surface area contributed by atoms with E-state index >= 15 is 0 Å². The van der Waals surface area contributed by atoms with Crippen LogP contribution in [0.15, 0.2) is 71.6 Å². The van der Waals surface area contributed by atoms with E-state index in [1.54, 1.807) is 12.1 Å². The highest BCUT2D eigenvalue weighted by Gasteiger charge is 2.12. The summed E-state index contributed by atoms with van der Waals surface area (Å²) in [4.78, 5) is 0.207. The molecule has 0 radical (unpaired) electrons. The summed E-state index contributed by atoms with van der Waals surface area (Å²) >= 11 is 0. The Hall–Kier alpha value is -2.83. The van der Waals surface area contributed by atoms with Crippen LogP contribution in [-0.2, 0) is 16.4 Å². The molecule has 3 N–H and O–H groups in total. The molecule has 28 heavy (non-hydrogen) atoms. The maximum atomic E-state index is 12.3. The Bertz CT molecular complexity index is 1040. The van der Waals surface area contributed by atoms with Crippen molar-refractivity contribution in [2.75, 3.05) is 12.3 Å². The number of ether oxygens (including phenoxy) is 1. The lowest BCUT2D eigenvalue weighted by atomic mass is 10.1. The summed E-state index contributed by atoms with van der Waals surface area (Å²) in [5.41, 5.74) is 9.43. The minimum Gasteiger partial charge on any atom is -0.457 e. The van der Waals surface area contributed by atoms with E-state index in [9.17, 15) is 8.42 Å². The van der Waals surface area contributed by atoms with Gasteiger partial charge in [-0.2, -0.15) is 0 Å². The molecule has 0 heterocycles. The van der Waals surface area contributed by atoms with Gasteiger partial charge in [0.15, 0.2) is 0 Å². The Kier molecular flexibility index (Phi) is 6.02. The molecule has 0 spiro atoms. The van der Waals surface area contributed by atoms with Gasteiger partial charge in [0.25, 0.3) is 0 Å². The number of anilines is 1. The van der Waals surface area contributed by atoms with Gasteiger partial charge in [0, 0.05) is 12.2 Å². The molecule has 5 nitrogen and oxygen atoms in total. The first-order valence-electron chi connectivity index (χ1n) is 9.03. The van der Waals surface area contributed by atoms with E-state index in [-0.39, 0.29) is 4.90 Å². The summed E-state index contributed by atoms with van der Waals surface area (Å²) in [5.74, 6) is 1.58. The zero-order valence-corrected chi connectivity index (χ0v) is 16.8. The molecule has 0 saturated carbocycles. The zero-order chi connectivity index (χ0) is 20.1. The molecule has 0 aliphatic heterocycles. The summed E-state index contributed by atoms with van der Waals surface area (Å²) in [6.07, 6.45) is 0.581.